The lowest BCUT2D eigenvalue weighted by Crippen LogP contribution is -2.06. The lowest BCUT2D eigenvalue weighted by Gasteiger charge is -2.04. The third-order valence-electron chi connectivity index (χ3n) is 2.71. The van der Waals surface area contributed by atoms with Crippen LogP contribution in [0.4, 0.5) is 5.82 Å². The summed E-state index contributed by atoms with van der Waals surface area (Å²) >= 11 is 5.12. The zero-order valence-electron chi connectivity index (χ0n) is 10.3. The molecule has 5 nitrogen and oxygen atoms in total. The average molecular weight is 338 g/mol. The maximum atomic E-state index is 4.30. The highest BCUT2D eigenvalue weighted by Gasteiger charge is 2.07. The molecule has 0 radical (unpaired) electrons. The molecule has 3 aromatic heterocycles. The molecule has 7 heteroatoms. The number of hydrogen-bond donors (Lipinski definition) is 1. The number of imidazole rings is 1. The molecule has 0 aliphatic rings. The van der Waals surface area contributed by atoms with Gasteiger partial charge in [-0.1, -0.05) is 0 Å². The number of thiophene rings is 1. The molecule has 0 saturated carbocycles. The number of halogens is 1. The Bertz CT molecular complexity index is 705. The molecule has 0 atom stereocenters. The second kappa shape index (κ2) is 5.26. The summed E-state index contributed by atoms with van der Waals surface area (Å²) in [5.74, 6) is 0.886. The number of aromatic nitrogens is 4. The fourth-order valence-corrected chi connectivity index (χ4v) is 3.36. The molecule has 1 N–H and O–H groups in total. The van der Waals surface area contributed by atoms with Crippen LogP contribution in [0.15, 0.2) is 28.7 Å². The van der Waals surface area contributed by atoms with Gasteiger partial charge in [-0.05, 0) is 22.0 Å². The van der Waals surface area contributed by atoms with E-state index in [1.807, 2.05) is 30.2 Å². The SMILES string of the molecule is Cn1cnc(CCNc2ncnc3cc(Br)sc23)c1. The van der Waals surface area contributed by atoms with Crippen LogP contribution in [0.3, 0.4) is 0 Å². The monoisotopic (exact) mass is 337 g/mol. The van der Waals surface area contributed by atoms with Crippen molar-refractivity contribution in [2.75, 3.05) is 11.9 Å². The van der Waals surface area contributed by atoms with E-state index < -0.39 is 0 Å². The number of rotatable bonds is 4. The molecule has 0 bridgehead atoms. The van der Waals surface area contributed by atoms with E-state index in [1.54, 1.807) is 17.7 Å². The zero-order valence-corrected chi connectivity index (χ0v) is 12.7. The van der Waals surface area contributed by atoms with E-state index >= 15 is 0 Å². The molecule has 0 aliphatic carbocycles. The normalized spacial score (nSPS) is 11.1. The van der Waals surface area contributed by atoms with Crippen LogP contribution in [-0.4, -0.2) is 26.1 Å². The summed E-state index contributed by atoms with van der Waals surface area (Å²) in [6, 6.07) is 2.01. The Morgan fingerprint density at radius 1 is 1.37 bits per heavy atom. The minimum Gasteiger partial charge on any atom is -0.368 e. The van der Waals surface area contributed by atoms with Crippen LogP contribution >= 0.6 is 27.3 Å². The zero-order chi connectivity index (χ0) is 13.2. The van der Waals surface area contributed by atoms with Gasteiger partial charge in [0, 0.05) is 26.2 Å². The van der Waals surface area contributed by atoms with E-state index in [0.29, 0.717) is 0 Å². The van der Waals surface area contributed by atoms with Crippen molar-refractivity contribution in [2.24, 2.45) is 7.05 Å². The smallest absolute Gasteiger partial charge is 0.147 e. The molecular weight excluding hydrogens is 326 g/mol. The highest BCUT2D eigenvalue weighted by molar-refractivity contribution is 9.11. The predicted octanol–water partition coefficient (Wildman–Crippen LogP) is 2.84. The fourth-order valence-electron chi connectivity index (χ4n) is 1.86. The molecule has 19 heavy (non-hydrogen) atoms. The summed E-state index contributed by atoms with van der Waals surface area (Å²) in [6.45, 7) is 0.804. The maximum Gasteiger partial charge on any atom is 0.147 e. The van der Waals surface area contributed by atoms with E-state index in [0.717, 1.165) is 38.5 Å². The largest absolute Gasteiger partial charge is 0.368 e. The van der Waals surface area contributed by atoms with E-state index in [-0.39, 0.29) is 0 Å². The van der Waals surface area contributed by atoms with Gasteiger partial charge in [0.25, 0.3) is 0 Å². The Morgan fingerprint density at radius 2 is 2.26 bits per heavy atom. The first-order chi connectivity index (χ1) is 9.22. The molecule has 3 rings (SSSR count). The Kier molecular flexibility index (Phi) is 3.48. The van der Waals surface area contributed by atoms with Gasteiger partial charge in [-0.2, -0.15) is 0 Å². The van der Waals surface area contributed by atoms with E-state index in [2.05, 4.69) is 36.2 Å². The van der Waals surface area contributed by atoms with Crippen LogP contribution in [0.1, 0.15) is 5.69 Å². The van der Waals surface area contributed by atoms with Crippen molar-refractivity contribution in [3.05, 3.63) is 34.4 Å². The van der Waals surface area contributed by atoms with Gasteiger partial charge >= 0.3 is 0 Å². The van der Waals surface area contributed by atoms with Crippen LogP contribution in [0, 0.1) is 0 Å². The lowest BCUT2D eigenvalue weighted by atomic mass is 10.3. The summed E-state index contributed by atoms with van der Waals surface area (Å²) in [7, 11) is 1.97. The number of anilines is 1. The van der Waals surface area contributed by atoms with Crippen LogP contribution in [0.5, 0.6) is 0 Å². The van der Waals surface area contributed by atoms with Crippen LogP contribution in [0.2, 0.25) is 0 Å². The van der Waals surface area contributed by atoms with Crippen molar-refractivity contribution in [1.29, 1.82) is 0 Å². The Hall–Kier alpha value is -1.47. The Balaban J connectivity index is 1.71. The predicted molar refractivity (Wildman–Crippen MR) is 80.5 cm³/mol. The molecule has 98 valence electrons. The molecule has 3 heterocycles. The highest BCUT2D eigenvalue weighted by Crippen LogP contribution is 2.32. The standard InChI is InChI=1S/C12H12BrN5S/c1-18-5-8(17-7-18)2-3-14-12-11-9(15-6-16-12)4-10(13)19-11/h4-7H,2-3H2,1H3,(H,14,15,16). The molecule has 0 unspecified atom stereocenters. The second-order valence-electron chi connectivity index (χ2n) is 4.19. The van der Waals surface area contributed by atoms with Crippen molar-refractivity contribution in [1.82, 2.24) is 19.5 Å². The molecular formula is C12H12BrN5S. The fraction of sp³-hybridized carbons (Fsp3) is 0.250. The van der Waals surface area contributed by atoms with Gasteiger partial charge < -0.3 is 9.88 Å². The molecule has 0 saturated heterocycles. The van der Waals surface area contributed by atoms with Crippen molar-refractivity contribution in [3.8, 4) is 0 Å². The summed E-state index contributed by atoms with van der Waals surface area (Å²) in [5, 5.41) is 3.35. The Morgan fingerprint density at radius 3 is 3.05 bits per heavy atom. The maximum absolute atomic E-state index is 4.30. The lowest BCUT2D eigenvalue weighted by molar-refractivity contribution is 0.910. The summed E-state index contributed by atoms with van der Waals surface area (Å²) in [6.07, 6.45) is 6.30. The van der Waals surface area contributed by atoms with Gasteiger partial charge in [0.05, 0.1) is 26.0 Å². The minimum atomic E-state index is 0.804. The molecule has 0 aliphatic heterocycles. The molecule has 0 amide bonds. The van der Waals surface area contributed by atoms with Gasteiger partial charge in [-0.25, -0.2) is 15.0 Å². The van der Waals surface area contributed by atoms with Gasteiger partial charge in [0.15, 0.2) is 0 Å². The second-order valence-corrected chi connectivity index (χ2v) is 6.63. The van der Waals surface area contributed by atoms with Gasteiger partial charge in [-0.3, -0.25) is 0 Å². The number of aryl methyl sites for hydroxylation is 1. The number of fused-ring (bicyclic) bond motifs is 1. The first kappa shape index (κ1) is 12.6. The summed E-state index contributed by atoms with van der Waals surface area (Å²) in [4.78, 5) is 12.8. The van der Waals surface area contributed by atoms with Crippen molar-refractivity contribution in [2.45, 2.75) is 6.42 Å². The number of nitrogens with one attached hydrogen (secondary N) is 1. The van der Waals surface area contributed by atoms with Crippen LogP contribution in [0.25, 0.3) is 10.2 Å². The van der Waals surface area contributed by atoms with E-state index in [4.69, 9.17) is 0 Å². The summed E-state index contributed by atoms with van der Waals surface area (Å²) < 4.78 is 4.10. The Labute approximate surface area is 122 Å². The van der Waals surface area contributed by atoms with E-state index in [9.17, 15) is 0 Å². The third-order valence-corrected chi connectivity index (χ3v) is 4.35. The quantitative estimate of drug-likeness (QED) is 0.795. The number of hydrogen-bond acceptors (Lipinski definition) is 5. The first-order valence-corrected chi connectivity index (χ1v) is 7.44. The summed E-state index contributed by atoms with van der Waals surface area (Å²) in [5.41, 5.74) is 2.04. The van der Waals surface area contributed by atoms with Gasteiger partial charge in [0.2, 0.25) is 0 Å². The van der Waals surface area contributed by atoms with Gasteiger partial charge in [0.1, 0.15) is 12.1 Å². The molecule has 0 spiro atoms. The average Bonchev–Trinajstić information content (AvgIpc) is 2.95. The minimum absolute atomic E-state index is 0.804. The number of nitrogens with zero attached hydrogens (tertiary/aromatic N) is 4. The molecule has 0 fully saturated rings. The molecule has 0 aromatic carbocycles. The van der Waals surface area contributed by atoms with Crippen LogP contribution in [-0.2, 0) is 13.5 Å². The van der Waals surface area contributed by atoms with Crippen molar-refractivity contribution in [3.63, 3.8) is 0 Å². The third kappa shape index (κ3) is 2.76. The van der Waals surface area contributed by atoms with E-state index in [1.165, 1.54) is 0 Å². The first-order valence-electron chi connectivity index (χ1n) is 5.83. The topological polar surface area (TPSA) is 55.6 Å². The van der Waals surface area contributed by atoms with Gasteiger partial charge in [-0.15, -0.1) is 11.3 Å². The van der Waals surface area contributed by atoms with Crippen LogP contribution < -0.4 is 5.32 Å². The van der Waals surface area contributed by atoms with Crippen molar-refractivity contribution >= 4 is 43.3 Å². The van der Waals surface area contributed by atoms with Crippen molar-refractivity contribution < 1.29 is 0 Å². The highest BCUT2D eigenvalue weighted by atomic mass is 79.9. The molecule has 3 aromatic rings.